The van der Waals surface area contributed by atoms with Gasteiger partial charge in [-0.1, -0.05) is 29.3 Å². The van der Waals surface area contributed by atoms with Gasteiger partial charge in [-0.2, -0.15) is 4.39 Å². The molecule has 0 heterocycles. The molecule has 0 radical (unpaired) electrons. The monoisotopic (exact) mass is 386 g/mol. The minimum atomic E-state index is -1.04. The van der Waals surface area contributed by atoms with E-state index in [1.807, 2.05) is 0 Å². The summed E-state index contributed by atoms with van der Waals surface area (Å²) < 4.78 is 18.0. The van der Waals surface area contributed by atoms with Gasteiger partial charge in [0.15, 0.2) is 6.61 Å². The second kappa shape index (κ2) is 7.91. The second-order valence-corrected chi connectivity index (χ2v) is 5.43. The Morgan fingerprint density at radius 1 is 1.24 bits per heavy atom. The van der Waals surface area contributed by atoms with Crippen molar-refractivity contribution in [1.29, 1.82) is 0 Å². The number of esters is 1. The Bertz CT molecular complexity index is 860. The molecule has 0 fully saturated rings. The number of benzene rings is 2. The summed E-state index contributed by atoms with van der Waals surface area (Å²) in [6.07, 6.45) is 0. The van der Waals surface area contributed by atoms with Crippen molar-refractivity contribution in [2.24, 2.45) is 0 Å². The number of hydrogen-bond acceptors (Lipinski definition) is 5. The van der Waals surface area contributed by atoms with Crippen LogP contribution in [0.25, 0.3) is 0 Å². The van der Waals surface area contributed by atoms with Crippen LogP contribution in [-0.2, 0) is 9.53 Å². The Kier molecular flexibility index (Phi) is 5.89. The third kappa shape index (κ3) is 4.65. The molecule has 0 atom stereocenters. The average Bonchev–Trinajstić information content (AvgIpc) is 2.56. The molecule has 7 nitrogen and oxygen atoms in total. The van der Waals surface area contributed by atoms with E-state index < -0.39 is 34.9 Å². The van der Waals surface area contributed by atoms with E-state index in [4.69, 9.17) is 27.9 Å². The fourth-order valence-electron chi connectivity index (χ4n) is 1.80. The lowest BCUT2D eigenvalue weighted by Gasteiger charge is -2.08. The highest BCUT2D eigenvalue weighted by Crippen LogP contribution is 2.26. The van der Waals surface area contributed by atoms with Crippen molar-refractivity contribution >= 4 is 46.5 Å². The molecule has 0 aliphatic rings. The summed E-state index contributed by atoms with van der Waals surface area (Å²) in [5.74, 6) is -2.68. The van der Waals surface area contributed by atoms with Gasteiger partial charge in [0.05, 0.1) is 20.5 Å². The number of ether oxygens (including phenoxy) is 1. The number of rotatable bonds is 5. The van der Waals surface area contributed by atoms with E-state index in [1.54, 1.807) is 0 Å². The number of nitro benzene ring substituents is 1. The van der Waals surface area contributed by atoms with E-state index in [0.717, 1.165) is 18.2 Å². The lowest BCUT2D eigenvalue weighted by molar-refractivity contribution is -0.387. The maximum atomic E-state index is 13.2. The number of nitro groups is 1. The van der Waals surface area contributed by atoms with Crippen molar-refractivity contribution in [3.05, 3.63) is 67.9 Å². The number of hydrogen-bond donors (Lipinski definition) is 1. The van der Waals surface area contributed by atoms with Crippen LogP contribution in [0.4, 0.5) is 15.8 Å². The predicted molar refractivity (Wildman–Crippen MR) is 88.4 cm³/mol. The molecular weight excluding hydrogens is 378 g/mol. The summed E-state index contributed by atoms with van der Waals surface area (Å²) >= 11 is 11.6. The van der Waals surface area contributed by atoms with Crippen LogP contribution in [0.3, 0.4) is 0 Å². The third-order valence-corrected chi connectivity index (χ3v) is 3.75. The molecule has 10 heteroatoms. The van der Waals surface area contributed by atoms with Crippen LogP contribution >= 0.6 is 23.2 Å². The summed E-state index contributed by atoms with van der Waals surface area (Å²) in [4.78, 5) is 33.4. The summed E-state index contributed by atoms with van der Waals surface area (Å²) in [5, 5.41) is 13.0. The lowest BCUT2D eigenvalue weighted by atomic mass is 10.2. The summed E-state index contributed by atoms with van der Waals surface area (Å²) in [7, 11) is 0. The first-order chi connectivity index (χ1) is 11.8. The fourth-order valence-corrected chi connectivity index (χ4v) is 2.18. The average molecular weight is 387 g/mol. The van der Waals surface area contributed by atoms with Crippen molar-refractivity contribution in [2.75, 3.05) is 11.9 Å². The Hall–Kier alpha value is -2.71. The van der Waals surface area contributed by atoms with Crippen LogP contribution in [0.5, 0.6) is 0 Å². The van der Waals surface area contributed by atoms with E-state index in [2.05, 4.69) is 5.32 Å². The molecule has 2 rings (SSSR count). The lowest BCUT2D eigenvalue weighted by Crippen LogP contribution is -2.21. The number of carbonyl (C=O) groups excluding carboxylic acids is 2. The van der Waals surface area contributed by atoms with Gasteiger partial charge in [-0.25, -0.2) is 4.79 Å². The maximum Gasteiger partial charge on any atom is 0.340 e. The van der Waals surface area contributed by atoms with Crippen LogP contribution < -0.4 is 5.32 Å². The maximum absolute atomic E-state index is 13.2. The van der Waals surface area contributed by atoms with Gasteiger partial charge in [0.2, 0.25) is 5.82 Å². The molecule has 0 aliphatic carbocycles. The van der Waals surface area contributed by atoms with Gasteiger partial charge in [0, 0.05) is 11.8 Å². The van der Waals surface area contributed by atoms with Gasteiger partial charge in [-0.15, -0.1) is 0 Å². The Balaban J connectivity index is 1.99. The molecule has 0 saturated carbocycles. The minimum Gasteiger partial charge on any atom is -0.452 e. The van der Waals surface area contributed by atoms with Crippen molar-refractivity contribution in [2.45, 2.75) is 0 Å². The van der Waals surface area contributed by atoms with Crippen molar-refractivity contribution in [3.8, 4) is 0 Å². The Labute approximate surface area is 150 Å². The first-order valence-corrected chi connectivity index (χ1v) is 7.40. The normalized spacial score (nSPS) is 10.2. The molecule has 0 bridgehead atoms. The Morgan fingerprint density at radius 2 is 1.96 bits per heavy atom. The molecule has 0 aliphatic heterocycles. The van der Waals surface area contributed by atoms with Gasteiger partial charge in [0.25, 0.3) is 5.91 Å². The first kappa shape index (κ1) is 18.6. The van der Waals surface area contributed by atoms with Gasteiger partial charge < -0.3 is 10.1 Å². The topological polar surface area (TPSA) is 98.5 Å². The highest BCUT2D eigenvalue weighted by molar-refractivity contribution is 6.43. The highest BCUT2D eigenvalue weighted by atomic mass is 35.5. The molecule has 0 spiro atoms. The second-order valence-electron chi connectivity index (χ2n) is 4.65. The molecule has 1 amide bonds. The zero-order valence-electron chi connectivity index (χ0n) is 12.3. The Morgan fingerprint density at radius 3 is 2.64 bits per heavy atom. The molecule has 2 aromatic rings. The molecule has 0 aromatic heterocycles. The van der Waals surface area contributed by atoms with E-state index in [-0.39, 0.29) is 21.3 Å². The van der Waals surface area contributed by atoms with Crippen molar-refractivity contribution < 1.29 is 23.6 Å². The van der Waals surface area contributed by atoms with Crippen LogP contribution in [0.15, 0.2) is 36.4 Å². The molecule has 2 aromatic carbocycles. The van der Waals surface area contributed by atoms with Gasteiger partial charge in [-0.05, 0) is 24.3 Å². The van der Waals surface area contributed by atoms with Gasteiger partial charge >= 0.3 is 11.7 Å². The molecule has 0 unspecified atom stereocenters. The number of nitrogens with zero attached hydrogens (tertiary/aromatic N) is 1. The molecule has 130 valence electrons. The van der Waals surface area contributed by atoms with Crippen LogP contribution in [0.2, 0.25) is 10.0 Å². The van der Waals surface area contributed by atoms with Gasteiger partial charge in [-0.3, -0.25) is 14.9 Å². The standard InChI is InChI=1S/C15H9Cl2FN2O5/c16-10-3-1-2-9(14(10)17)15(22)25-7-13(21)19-8-4-5-11(18)12(6-8)20(23)24/h1-6H,7H2,(H,19,21). The van der Waals surface area contributed by atoms with E-state index in [0.29, 0.717) is 0 Å². The SMILES string of the molecule is O=C(COC(=O)c1cccc(Cl)c1Cl)Nc1ccc(F)c([N+](=O)[O-])c1. The van der Waals surface area contributed by atoms with Crippen LogP contribution in [-0.4, -0.2) is 23.4 Å². The largest absolute Gasteiger partial charge is 0.452 e. The van der Waals surface area contributed by atoms with E-state index in [9.17, 15) is 24.1 Å². The minimum absolute atomic E-state index is 0.0104. The number of anilines is 1. The molecule has 1 N–H and O–H groups in total. The fraction of sp³-hybridized carbons (Fsp3) is 0.0667. The smallest absolute Gasteiger partial charge is 0.340 e. The highest BCUT2D eigenvalue weighted by Gasteiger charge is 2.17. The zero-order valence-corrected chi connectivity index (χ0v) is 13.8. The number of nitrogens with one attached hydrogen (secondary N) is 1. The zero-order chi connectivity index (χ0) is 18.6. The molecule has 25 heavy (non-hydrogen) atoms. The first-order valence-electron chi connectivity index (χ1n) is 6.64. The van der Waals surface area contributed by atoms with Crippen LogP contribution in [0.1, 0.15) is 10.4 Å². The third-order valence-electron chi connectivity index (χ3n) is 2.93. The summed E-state index contributed by atoms with van der Waals surface area (Å²) in [5.41, 5.74) is -0.824. The van der Waals surface area contributed by atoms with Crippen LogP contribution in [0, 0.1) is 15.9 Å². The quantitative estimate of drug-likeness (QED) is 0.478. The number of carbonyl (C=O) groups is 2. The summed E-state index contributed by atoms with van der Waals surface area (Å²) in [6, 6.07) is 7.17. The van der Waals surface area contributed by atoms with Crippen molar-refractivity contribution in [1.82, 2.24) is 0 Å². The number of amides is 1. The molecular formula is C15H9Cl2FN2O5. The van der Waals surface area contributed by atoms with Gasteiger partial charge in [0.1, 0.15) is 0 Å². The molecule has 0 saturated heterocycles. The van der Waals surface area contributed by atoms with Crippen molar-refractivity contribution in [3.63, 3.8) is 0 Å². The summed E-state index contributed by atoms with van der Waals surface area (Å²) in [6.45, 7) is -0.674. The van der Waals surface area contributed by atoms with E-state index in [1.165, 1.54) is 18.2 Å². The number of halogens is 3. The predicted octanol–water partition coefficient (Wildman–Crippen LogP) is 3.84. The van der Waals surface area contributed by atoms with E-state index >= 15 is 0 Å².